The van der Waals surface area contributed by atoms with Crippen molar-refractivity contribution in [3.63, 3.8) is 0 Å². The number of carbonyl (C=O) groups is 2. The zero-order chi connectivity index (χ0) is 12.0. The van der Waals surface area contributed by atoms with Crippen LogP contribution in [0.25, 0.3) is 0 Å². The normalized spacial score (nSPS) is 24.1. The van der Waals surface area contributed by atoms with Crippen molar-refractivity contribution in [2.45, 2.75) is 26.7 Å². The van der Waals surface area contributed by atoms with Gasteiger partial charge in [-0.1, -0.05) is 0 Å². The quantitative estimate of drug-likeness (QED) is 0.600. The maximum Gasteiger partial charge on any atom is 0.228 e. The van der Waals surface area contributed by atoms with E-state index in [1.165, 1.54) is 0 Å². The van der Waals surface area contributed by atoms with E-state index in [9.17, 15) is 9.59 Å². The van der Waals surface area contributed by atoms with Crippen LogP contribution in [0.2, 0.25) is 0 Å². The van der Waals surface area contributed by atoms with E-state index in [4.69, 9.17) is 0 Å². The van der Waals surface area contributed by atoms with E-state index in [-0.39, 0.29) is 18.2 Å². The maximum atomic E-state index is 12.0. The molecule has 1 aliphatic rings. The Morgan fingerprint density at radius 3 is 2.44 bits per heavy atom. The standard InChI is InChI=1S/C11H21N3O2/c1-3-13-9(15)7-11(5-6-12-8-11)10(16)14-4-2/h12H,3-8H2,1-2H3,(H,13,15)(H,14,16). The van der Waals surface area contributed by atoms with Crippen LogP contribution in [0.15, 0.2) is 0 Å². The predicted octanol–water partition coefficient (Wildman–Crippen LogP) is -0.372. The summed E-state index contributed by atoms with van der Waals surface area (Å²) >= 11 is 0. The number of rotatable bonds is 5. The van der Waals surface area contributed by atoms with E-state index in [0.29, 0.717) is 19.6 Å². The van der Waals surface area contributed by atoms with Crippen LogP contribution >= 0.6 is 0 Å². The van der Waals surface area contributed by atoms with Gasteiger partial charge in [0.25, 0.3) is 0 Å². The average molecular weight is 227 g/mol. The molecule has 1 aliphatic heterocycles. The van der Waals surface area contributed by atoms with E-state index in [1.807, 2.05) is 13.8 Å². The van der Waals surface area contributed by atoms with Crippen molar-refractivity contribution in [3.8, 4) is 0 Å². The van der Waals surface area contributed by atoms with Crippen molar-refractivity contribution in [1.82, 2.24) is 16.0 Å². The maximum absolute atomic E-state index is 12.0. The van der Waals surface area contributed by atoms with E-state index in [2.05, 4.69) is 16.0 Å². The first-order chi connectivity index (χ1) is 7.64. The molecule has 0 bridgehead atoms. The summed E-state index contributed by atoms with van der Waals surface area (Å²) in [5.74, 6) is -0.0521. The summed E-state index contributed by atoms with van der Waals surface area (Å²) < 4.78 is 0. The van der Waals surface area contributed by atoms with Gasteiger partial charge in [0.2, 0.25) is 11.8 Å². The fourth-order valence-electron chi connectivity index (χ4n) is 2.08. The molecule has 1 unspecified atom stereocenters. The summed E-state index contributed by atoms with van der Waals surface area (Å²) in [4.78, 5) is 23.6. The first-order valence-electron chi connectivity index (χ1n) is 5.90. The van der Waals surface area contributed by atoms with Crippen LogP contribution < -0.4 is 16.0 Å². The molecule has 1 rings (SSSR count). The van der Waals surface area contributed by atoms with Gasteiger partial charge in [0, 0.05) is 26.1 Å². The van der Waals surface area contributed by atoms with Crippen LogP contribution in [-0.4, -0.2) is 38.0 Å². The van der Waals surface area contributed by atoms with Crippen LogP contribution in [0.1, 0.15) is 26.7 Å². The Labute approximate surface area is 96.4 Å². The second-order valence-corrected chi connectivity index (χ2v) is 4.20. The smallest absolute Gasteiger partial charge is 0.228 e. The van der Waals surface area contributed by atoms with E-state index < -0.39 is 5.41 Å². The van der Waals surface area contributed by atoms with Crippen LogP contribution in [0.4, 0.5) is 0 Å². The Balaban J connectivity index is 2.65. The lowest BCUT2D eigenvalue weighted by molar-refractivity contribution is -0.135. The molecule has 16 heavy (non-hydrogen) atoms. The molecule has 5 nitrogen and oxygen atoms in total. The highest BCUT2D eigenvalue weighted by atomic mass is 16.2. The van der Waals surface area contributed by atoms with Crippen molar-refractivity contribution in [3.05, 3.63) is 0 Å². The number of hydrogen-bond acceptors (Lipinski definition) is 3. The fraction of sp³-hybridized carbons (Fsp3) is 0.818. The summed E-state index contributed by atoms with van der Waals surface area (Å²) in [6.45, 7) is 6.38. The third kappa shape index (κ3) is 2.95. The van der Waals surface area contributed by atoms with Gasteiger partial charge in [-0.15, -0.1) is 0 Å². The van der Waals surface area contributed by atoms with Gasteiger partial charge in [-0.25, -0.2) is 0 Å². The lowest BCUT2D eigenvalue weighted by atomic mass is 9.82. The van der Waals surface area contributed by atoms with Gasteiger partial charge in [-0.05, 0) is 26.8 Å². The molecule has 0 saturated carbocycles. The lowest BCUT2D eigenvalue weighted by Crippen LogP contribution is -2.45. The van der Waals surface area contributed by atoms with Crippen molar-refractivity contribution in [2.24, 2.45) is 5.41 Å². The first-order valence-corrected chi connectivity index (χ1v) is 5.90. The zero-order valence-corrected chi connectivity index (χ0v) is 10.1. The molecule has 0 aliphatic carbocycles. The Bertz CT molecular complexity index is 260. The topological polar surface area (TPSA) is 70.2 Å². The highest BCUT2D eigenvalue weighted by molar-refractivity contribution is 5.89. The molecule has 0 aromatic heterocycles. The van der Waals surface area contributed by atoms with Gasteiger partial charge in [0.1, 0.15) is 0 Å². The van der Waals surface area contributed by atoms with Crippen LogP contribution in [0.5, 0.6) is 0 Å². The second-order valence-electron chi connectivity index (χ2n) is 4.20. The number of hydrogen-bond donors (Lipinski definition) is 3. The monoisotopic (exact) mass is 227 g/mol. The molecule has 92 valence electrons. The van der Waals surface area contributed by atoms with Gasteiger partial charge in [-0.3, -0.25) is 9.59 Å². The number of nitrogens with one attached hydrogen (secondary N) is 3. The van der Waals surface area contributed by atoms with Crippen molar-refractivity contribution in [2.75, 3.05) is 26.2 Å². The Morgan fingerprint density at radius 2 is 1.94 bits per heavy atom. The largest absolute Gasteiger partial charge is 0.356 e. The first kappa shape index (κ1) is 13.0. The van der Waals surface area contributed by atoms with Crippen LogP contribution in [-0.2, 0) is 9.59 Å². The van der Waals surface area contributed by atoms with Crippen molar-refractivity contribution in [1.29, 1.82) is 0 Å². The van der Waals surface area contributed by atoms with Gasteiger partial charge in [0.15, 0.2) is 0 Å². The third-order valence-electron chi connectivity index (χ3n) is 2.94. The Kier molecular flexibility index (Phi) is 4.73. The van der Waals surface area contributed by atoms with Crippen LogP contribution in [0, 0.1) is 5.41 Å². The molecule has 1 atom stereocenters. The molecule has 1 saturated heterocycles. The average Bonchev–Trinajstić information content (AvgIpc) is 2.68. The predicted molar refractivity (Wildman–Crippen MR) is 61.9 cm³/mol. The molecule has 1 heterocycles. The fourth-order valence-corrected chi connectivity index (χ4v) is 2.08. The summed E-state index contributed by atoms with van der Waals surface area (Å²) in [5, 5.41) is 8.72. The Hall–Kier alpha value is -1.10. The van der Waals surface area contributed by atoms with E-state index in [1.54, 1.807) is 0 Å². The van der Waals surface area contributed by atoms with Gasteiger partial charge < -0.3 is 16.0 Å². The highest BCUT2D eigenvalue weighted by Crippen LogP contribution is 2.29. The Morgan fingerprint density at radius 1 is 1.25 bits per heavy atom. The van der Waals surface area contributed by atoms with Crippen molar-refractivity contribution >= 4 is 11.8 Å². The van der Waals surface area contributed by atoms with Crippen molar-refractivity contribution < 1.29 is 9.59 Å². The molecule has 0 aromatic carbocycles. The molecule has 3 N–H and O–H groups in total. The van der Waals surface area contributed by atoms with Crippen LogP contribution in [0.3, 0.4) is 0 Å². The summed E-state index contributed by atoms with van der Waals surface area (Å²) in [7, 11) is 0. The molecule has 0 spiro atoms. The molecular formula is C11H21N3O2. The zero-order valence-electron chi connectivity index (χ0n) is 10.1. The molecule has 0 radical (unpaired) electrons. The SMILES string of the molecule is CCNC(=O)CC1(C(=O)NCC)CCNC1. The molecule has 5 heteroatoms. The summed E-state index contributed by atoms with van der Waals surface area (Å²) in [6, 6.07) is 0. The van der Waals surface area contributed by atoms with Gasteiger partial charge in [-0.2, -0.15) is 0 Å². The van der Waals surface area contributed by atoms with Gasteiger partial charge >= 0.3 is 0 Å². The lowest BCUT2D eigenvalue weighted by Gasteiger charge is -2.25. The van der Waals surface area contributed by atoms with E-state index >= 15 is 0 Å². The molecule has 1 fully saturated rings. The minimum atomic E-state index is -0.546. The van der Waals surface area contributed by atoms with Gasteiger partial charge in [0.05, 0.1) is 5.41 Å². The molecule has 2 amide bonds. The van der Waals surface area contributed by atoms with E-state index in [0.717, 1.165) is 13.0 Å². The summed E-state index contributed by atoms with van der Waals surface area (Å²) in [5.41, 5.74) is -0.546. The highest BCUT2D eigenvalue weighted by Gasteiger charge is 2.42. The third-order valence-corrected chi connectivity index (χ3v) is 2.94. The summed E-state index contributed by atoms with van der Waals surface area (Å²) in [6.07, 6.45) is 1.01. The minimum absolute atomic E-state index is 0.00810. The number of carbonyl (C=O) groups excluding carboxylic acids is 2. The second kappa shape index (κ2) is 5.84. The molecule has 0 aromatic rings. The number of amides is 2. The molecular weight excluding hydrogens is 206 g/mol. The minimum Gasteiger partial charge on any atom is -0.356 e.